The summed E-state index contributed by atoms with van der Waals surface area (Å²) in [5.41, 5.74) is 2.54. The third-order valence-electron chi connectivity index (χ3n) is 5.88. The van der Waals surface area contributed by atoms with Crippen molar-refractivity contribution >= 4 is 30.5 Å². The monoisotopic (exact) mass is 571 g/mol. The Morgan fingerprint density at radius 3 is 1.53 bits per heavy atom. The topological polar surface area (TPSA) is 55.4 Å². The standard InChI is InChI=1S/C26H38INO3S/c1-25(2,3)20-12-16-22(17-13-20)27(23-18-14-21(15-19-23)26(4,5)6)31-32(29,30)28-24-10-8-7-9-11-24/h12-19,24,28H,7-11H2,1-6H3. The van der Waals surface area contributed by atoms with Gasteiger partial charge in [-0.2, -0.15) is 0 Å². The summed E-state index contributed by atoms with van der Waals surface area (Å²) in [4.78, 5) is 0. The third-order valence-corrected chi connectivity index (χ3v) is 13.0. The molecule has 32 heavy (non-hydrogen) atoms. The first-order valence-electron chi connectivity index (χ1n) is 11.5. The van der Waals surface area contributed by atoms with Crippen LogP contribution in [0.4, 0.5) is 0 Å². The minimum absolute atomic E-state index is 0.0157. The van der Waals surface area contributed by atoms with Crippen LogP contribution in [0.15, 0.2) is 48.5 Å². The Hall–Kier alpha value is -0.960. The van der Waals surface area contributed by atoms with Crippen molar-refractivity contribution in [2.75, 3.05) is 0 Å². The molecule has 0 atom stereocenters. The Balaban J connectivity index is 1.92. The zero-order chi connectivity index (χ0) is 23.6. The fraction of sp³-hybridized carbons (Fsp3) is 0.538. The maximum absolute atomic E-state index is 13.0. The zero-order valence-electron chi connectivity index (χ0n) is 20.2. The fourth-order valence-corrected chi connectivity index (χ4v) is 10.6. The van der Waals surface area contributed by atoms with Crippen LogP contribution >= 0.6 is 20.2 Å². The van der Waals surface area contributed by atoms with Gasteiger partial charge in [0, 0.05) is 0 Å². The molecule has 0 unspecified atom stereocenters. The van der Waals surface area contributed by atoms with Crippen molar-refractivity contribution in [2.24, 2.45) is 0 Å². The van der Waals surface area contributed by atoms with Crippen molar-refractivity contribution in [3.05, 3.63) is 66.8 Å². The average molecular weight is 572 g/mol. The molecular weight excluding hydrogens is 533 g/mol. The molecule has 0 saturated heterocycles. The number of rotatable bonds is 6. The van der Waals surface area contributed by atoms with Crippen molar-refractivity contribution < 1.29 is 10.9 Å². The van der Waals surface area contributed by atoms with Crippen molar-refractivity contribution in [1.82, 2.24) is 4.72 Å². The molecule has 2 aromatic carbocycles. The second-order valence-corrected chi connectivity index (χ2v) is 17.0. The summed E-state index contributed by atoms with van der Waals surface area (Å²) in [7, 11) is -3.83. The van der Waals surface area contributed by atoms with Gasteiger partial charge in [-0.15, -0.1) is 0 Å². The Labute approximate surface area is 202 Å². The van der Waals surface area contributed by atoms with E-state index >= 15 is 0 Å². The van der Waals surface area contributed by atoms with Gasteiger partial charge in [0.15, 0.2) is 0 Å². The molecule has 4 nitrogen and oxygen atoms in total. The van der Waals surface area contributed by atoms with E-state index in [-0.39, 0.29) is 16.9 Å². The van der Waals surface area contributed by atoms with Crippen LogP contribution in [-0.2, 0) is 23.6 Å². The Morgan fingerprint density at radius 1 is 0.750 bits per heavy atom. The molecule has 6 heteroatoms. The summed E-state index contributed by atoms with van der Waals surface area (Å²) in [6.07, 6.45) is 5.09. The van der Waals surface area contributed by atoms with Crippen LogP contribution in [-0.4, -0.2) is 14.5 Å². The van der Waals surface area contributed by atoms with Crippen molar-refractivity contribution in [1.29, 1.82) is 0 Å². The minimum atomic E-state index is -3.83. The Kier molecular flexibility index (Phi) is 8.11. The van der Waals surface area contributed by atoms with Crippen LogP contribution in [0.25, 0.3) is 0 Å². The van der Waals surface area contributed by atoms with E-state index in [1.165, 1.54) is 17.5 Å². The first-order valence-corrected chi connectivity index (χ1v) is 15.9. The molecule has 1 aliphatic rings. The molecule has 0 heterocycles. The van der Waals surface area contributed by atoms with Gasteiger partial charge in [0.2, 0.25) is 0 Å². The molecule has 2 aromatic rings. The summed E-state index contributed by atoms with van der Waals surface area (Å²) in [5.74, 6) is 0. The molecule has 1 N–H and O–H groups in total. The second kappa shape index (κ2) is 10.1. The number of benzene rings is 2. The molecule has 1 fully saturated rings. The van der Waals surface area contributed by atoms with Gasteiger partial charge in [0.05, 0.1) is 0 Å². The van der Waals surface area contributed by atoms with E-state index in [4.69, 9.17) is 2.51 Å². The number of nitrogens with one attached hydrogen (secondary N) is 1. The van der Waals surface area contributed by atoms with E-state index in [0.29, 0.717) is 0 Å². The first kappa shape index (κ1) is 25.7. The Morgan fingerprint density at radius 2 is 1.16 bits per heavy atom. The molecule has 0 aromatic heterocycles. The number of hydrogen-bond acceptors (Lipinski definition) is 3. The van der Waals surface area contributed by atoms with Crippen molar-refractivity contribution in [2.45, 2.75) is 90.5 Å². The third kappa shape index (κ3) is 7.02. The quantitative estimate of drug-likeness (QED) is 0.383. The Bertz CT molecular complexity index is 924. The maximum atomic E-state index is 13.0. The normalized spacial score (nSPS) is 16.8. The van der Waals surface area contributed by atoms with Crippen LogP contribution in [0, 0.1) is 7.14 Å². The predicted octanol–water partition coefficient (Wildman–Crippen LogP) is 6.93. The zero-order valence-corrected chi connectivity index (χ0v) is 23.2. The fourth-order valence-electron chi connectivity index (χ4n) is 3.85. The molecule has 178 valence electrons. The van der Waals surface area contributed by atoms with Crippen LogP contribution in [0.5, 0.6) is 0 Å². The van der Waals surface area contributed by atoms with E-state index in [2.05, 4.69) is 94.8 Å². The molecule has 1 aliphatic carbocycles. The van der Waals surface area contributed by atoms with Gasteiger partial charge in [0.25, 0.3) is 0 Å². The molecular formula is C26H38INO3S. The van der Waals surface area contributed by atoms with Gasteiger partial charge in [-0.05, 0) is 0 Å². The number of halogens is 1. The molecule has 0 radical (unpaired) electrons. The van der Waals surface area contributed by atoms with E-state index in [1.54, 1.807) is 0 Å². The number of hydrogen-bond donors (Lipinski definition) is 1. The van der Waals surface area contributed by atoms with Gasteiger partial charge in [-0.25, -0.2) is 0 Å². The van der Waals surface area contributed by atoms with Crippen LogP contribution in [0.1, 0.15) is 84.8 Å². The van der Waals surface area contributed by atoms with Crippen LogP contribution < -0.4 is 4.72 Å². The van der Waals surface area contributed by atoms with E-state index in [1.807, 2.05) is 0 Å². The first-order chi connectivity index (χ1) is 14.9. The SMILES string of the molecule is CC(C)(C)c1ccc(I(OS(=O)(=O)NC2CCCCC2)c2ccc(C(C)(C)C)cc2)cc1. The predicted molar refractivity (Wildman–Crippen MR) is 142 cm³/mol. The van der Waals surface area contributed by atoms with Gasteiger partial charge in [0.1, 0.15) is 0 Å². The molecule has 0 amide bonds. The second-order valence-electron chi connectivity index (χ2n) is 10.7. The van der Waals surface area contributed by atoms with Crippen LogP contribution in [0.2, 0.25) is 0 Å². The summed E-state index contributed by atoms with van der Waals surface area (Å²) < 4.78 is 36.8. The van der Waals surface area contributed by atoms with Gasteiger partial charge in [-0.3, -0.25) is 0 Å². The molecule has 1 saturated carbocycles. The van der Waals surface area contributed by atoms with E-state index < -0.39 is 30.5 Å². The van der Waals surface area contributed by atoms with E-state index in [0.717, 1.165) is 32.8 Å². The molecule has 0 aliphatic heterocycles. The van der Waals surface area contributed by atoms with Gasteiger partial charge >= 0.3 is 204 Å². The van der Waals surface area contributed by atoms with Crippen molar-refractivity contribution in [3.8, 4) is 0 Å². The summed E-state index contributed by atoms with van der Waals surface area (Å²) >= 11 is -2.67. The molecule has 3 rings (SSSR count). The van der Waals surface area contributed by atoms with Crippen LogP contribution in [0.3, 0.4) is 0 Å². The van der Waals surface area contributed by atoms with Gasteiger partial charge < -0.3 is 0 Å². The van der Waals surface area contributed by atoms with Gasteiger partial charge in [-0.1, -0.05) is 0 Å². The molecule has 0 spiro atoms. The average Bonchev–Trinajstić information content (AvgIpc) is 2.71. The summed E-state index contributed by atoms with van der Waals surface area (Å²) in [6, 6.07) is 16.6. The summed E-state index contributed by atoms with van der Waals surface area (Å²) in [5, 5.41) is 0. The van der Waals surface area contributed by atoms with E-state index in [9.17, 15) is 8.42 Å². The summed E-state index contributed by atoms with van der Waals surface area (Å²) in [6.45, 7) is 13.1. The van der Waals surface area contributed by atoms with Crippen molar-refractivity contribution in [3.63, 3.8) is 0 Å². The molecule has 0 bridgehead atoms.